The number of hydrogen-bond acceptors (Lipinski definition) is 2. The van der Waals surface area contributed by atoms with Crippen LogP contribution in [0, 0.1) is 5.92 Å². The Morgan fingerprint density at radius 2 is 1.60 bits per heavy atom. The van der Waals surface area contributed by atoms with Gasteiger partial charge in [0.15, 0.2) is 5.92 Å². The summed E-state index contributed by atoms with van der Waals surface area (Å²) in [6.45, 7) is 1.52. The molecule has 0 rings (SSSR count). The van der Waals surface area contributed by atoms with Gasteiger partial charge in [0.1, 0.15) is 0 Å². The molecule has 0 aromatic heterocycles. The second-order valence-corrected chi connectivity index (χ2v) is 1.64. The second kappa shape index (κ2) is 6.30. The van der Waals surface area contributed by atoms with E-state index < -0.39 is 17.9 Å². The SMILES string of the molecule is CCC(C(=O)O)C(=O)O.[K]. The summed E-state index contributed by atoms with van der Waals surface area (Å²) in [4.78, 5) is 20.0. The van der Waals surface area contributed by atoms with E-state index in [9.17, 15) is 9.59 Å². The maximum Gasteiger partial charge on any atom is 0.317 e. The Hall–Kier alpha value is 0.576. The summed E-state index contributed by atoms with van der Waals surface area (Å²) in [6.07, 6.45) is 0.130. The van der Waals surface area contributed by atoms with Crippen molar-refractivity contribution >= 4 is 63.3 Å². The van der Waals surface area contributed by atoms with Crippen LogP contribution in [0.15, 0.2) is 0 Å². The molecule has 0 aromatic rings. The Bertz CT molecular complexity index is 120. The predicted octanol–water partition coefficient (Wildman–Crippen LogP) is -0.199. The van der Waals surface area contributed by atoms with Crippen molar-refractivity contribution in [3.05, 3.63) is 0 Å². The Morgan fingerprint density at radius 3 is 1.60 bits per heavy atom. The van der Waals surface area contributed by atoms with Crippen molar-refractivity contribution in [3.8, 4) is 0 Å². The first-order valence-electron chi connectivity index (χ1n) is 2.55. The van der Waals surface area contributed by atoms with E-state index in [1.54, 1.807) is 0 Å². The third-order valence-electron chi connectivity index (χ3n) is 1.00. The number of carboxylic acid groups (broad SMARTS) is 2. The zero-order chi connectivity index (χ0) is 7.44. The molecular weight excluding hydrogens is 163 g/mol. The van der Waals surface area contributed by atoms with E-state index in [0.29, 0.717) is 0 Å². The first-order valence-corrected chi connectivity index (χ1v) is 2.55. The number of carbonyl (C=O) groups is 2. The van der Waals surface area contributed by atoms with E-state index in [-0.39, 0.29) is 57.8 Å². The van der Waals surface area contributed by atoms with Crippen molar-refractivity contribution in [3.63, 3.8) is 0 Å². The van der Waals surface area contributed by atoms with E-state index in [2.05, 4.69) is 0 Å². The molecule has 10 heavy (non-hydrogen) atoms. The summed E-state index contributed by atoms with van der Waals surface area (Å²) in [6, 6.07) is 0. The van der Waals surface area contributed by atoms with Gasteiger partial charge in [0, 0.05) is 51.4 Å². The Morgan fingerprint density at radius 1 is 1.30 bits per heavy atom. The summed E-state index contributed by atoms with van der Waals surface area (Å²) >= 11 is 0. The minimum atomic E-state index is -1.27. The third-order valence-corrected chi connectivity index (χ3v) is 1.00. The zero-order valence-corrected chi connectivity index (χ0v) is 9.12. The summed E-state index contributed by atoms with van der Waals surface area (Å²) in [5, 5.41) is 16.3. The monoisotopic (exact) mass is 171 g/mol. The van der Waals surface area contributed by atoms with Gasteiger partial charge in [-0.15, -0.1) is 0 Å². The Kier molecular flexibility index (Phi) is 8.30. The van der Waals surface area contributed by atoms with Crippen molar-refractivity contribution in [1.29, 1.82) is 0 Å². The standard InChI is InChI=1S/C5H8O4.K/c1-2-3(4(6)7)5(8)9;/h3H,2H2,1H3,(H,6,7)(H,8,9);. The maximum atomic E-state index is 9.99. The van der Waals surface area contributed by atoms with Gasteiger partial charge in [-0.1, -0.05) is 6.92 Å². The zero-order valence-electron chi connectivity index (χ0n) is 6.00. The van der Waals surface area contributed by atoms with Crippen LogP contribution in [0.4, 0.5) is 0 Å². The fourth-order valence-corrected chi connectivity index (χ4v) is 0.455. The Labute approximate surface area is 101 Å². The quantitative estimate of drug-likeness (QED) is 0.455. The van der Waals surface area contributed by atoms with Crippen molar-refractivity contribution in [2.24, 2.45) is 5.92 Å². The van der Waals surface area contributed by atoms with Gasteiger partial charge in [0.05, 0.1) is 0 Å². The third kappa shape index (κ3) is 4.40. The van der Waals surface area contributed by atoms with Crippen molar-refractivity contribution in [1.82, 2.24) is 0 Å². The minimum absolute atomic E-state index is 0. The number of hydrogen-bond donors (Lipinski definition) is 2. The van der Waals surface area contributed by atoms with Gasteiger partial charge < -0.3 is 10.2 Å². The fraction of sp³-hybridized carbons (Fsp3) is 0.600. The molecule has 0 bridgehead atoms. The summed E-state index contributed by atoms with van der Waals surface area (Å²) < 4.78 is 0. The largest absolute Gasteiger partial charge is 0.481 e. The average molecular weight is 171 g/mol. The van der Waals surface area contributed by atoms with Gasteiger partial charge in [-0.2, -0.15) is 0 Å². The van der Waals surface area contributed by atoms with Crippen LogP contribution in [0.2, 0.25) is 0 Å². The van der Waals surface area contributed by atoms with Crippen molar-refractivity contribution in [2.45, 2.75) is 13.3 Å². The maximum absolute atomic E-state index is 9.99. The second-order valence-electron chi connectivity index (χ2n) is 1.64. The van der Waals surface area contributed by atoms with Gasteiger partial charge in [-0.3, -0.25) is 9.59 Å². The molecule has 0 atom stereocenters. The van der Waals surface area contributed by atoms with Crippen LogP contribution in [0.1, 0.15) is 13.3 Å². The topological polar surface area (TPSA) is 74.6 Å². The normalized spacial score (nSPS) is 8.60. The van der Waals surface area contributed by atoms with Crippen LogP contribution >= 0.6 is 0 Å². The number of carboxylic acids is 2. The van der Waals surface area contributed by atoms with Crippen LogP contribution in [0.25, 0.3) is 0 Å². The summed E-state index contributed by atoms with van der Waals surface area (Å²) in [5.74, 6) is -3.79. The van der Waals surface area contributed by atoms with E-state index in [4.69, 9.17) is 10.2 Å². The van der Waals surface area contributed by atoms with Crippen molar-refractivity contribution in [2.75, 3.05) is 0 Å². The first-order chi connectivity index (χ1) is 4.09. The molecule has 0 fully saturated rings. The first kappa shape index (κ1) is 13.2. The van der Waals surface area contributed by atoms with Gasteiger partial charge in [-0.05, 0) is 6.42 Å². The van der Waals surface area contributed by atoms with Crippen LogP contribution in [0.3, 0.4) is 0 Å². The molecule has 0 spiro atoms. The molecule has 0 unspecified atom stereocenters. The van der Waals surface area contributed by atoms with Crippen LogP contribution in [-0.2, 0) is 9.59 Å². The van der Waals surface area contributed by atoms with Crippen LogP contribution in [0.5, 0.6) is 0 Å². The summed E-state index contributed by atoms with van der Waals surface area (Å²) in [7, 11) is 0. The number of aliphatic carboxylic acids is 2. The van der Waals surface area contributed by atoms with E-state index in [0.717, 1.165) is 0 Å². The average Bonchev–Trinajstić information content (AvgIpc) is 1.64. The van der Waals surface area contributed by atoms with Gasteiger partial charge >= 0.3 is 11.9 Å². The molecule has 0 amide bonds. The van der Waals surface area contributed by atoms with E-state index >= 15 is 0 Å². The van der Waals surface area contributed by atoms with Crippen LogP contribution in [-0.4, -0.2) is 73.5 Å². The Balaban J connectivity index is 0. The molecule has 0 saturated carbocycles. The van der Waals surface area contributed by atoms with E-state index in [1.165, 1.54) is 6.92 Å². The molecular formula is C5H8KO4. The molecule has 0 aromatic carbocycles. The molecule has 1 radical (unpaired) electrons. The van der Waals surface area contributed by atoms with Gasteiger partial charge in [0.25, 0.3) is 0 Å². The predicted molar refractivity (Wildman–Crippen MR) is 34.8 cm³/mol. The molecule has 0 aliphatic heterocycles. The van der Waals surface area contributed by atoms with Gasteiger partial charge in [0.2, 0.25) is 0 Å². The fourth-order valence-electron chi connectivity index (χ4n) is 0.455. The number of rotatable bonds is 3. The molecule has 4 nitrogen and oxygen atoms in total. The summed E-state index contributed by atoms with van der Waals surface area (Å²) in [5.41, 5.74) is 0. The smallest absolute Gasteiger partial charge is 0.317 e. The molecule has 0 saturated heterocycles. The molecule has 5 heteroatoms. The van der Waals surface area contributed by atoms with Crippen molar-refractivity contribution < 1.29 is 19.8 Å². The molecule has 0 aliphatic carbocycles. The van der Waals surface area contributed by atoms with E-state index in [1.807, 2.05) is 0 Å². The molecule has 0 heterocycles. The molecule has 53 valence electrons. The molecule has 2 N–H and O–H groups in total. The molecule has 0 aliphatic rings. The van der Waals surface area contributed by atoms with Gasteiger partial charge in [-0.25, -0.2) is 0 Å². The minimum Gasteiger partial charge on any atom is -0.481 e. The van der Waals surface area contributed by atoms with Crippen LogP contribution < -0.4 is 0 Å².